The van der Waals surface area contributed by atoms with Crippen molar-refractivity contribution in [3.05, 3.63) is 77.9 Å². The van der Waals surface area contributed by atoms with Crippen LogP contribution in [0.3, 0.4) is 0 Å². The van der Waals surface area contributed by atoms with Crippen LogP contribution >= 0.6 is 0 Å². The zero-order valence-electron chi connectivity index (χ0n) is 17.9. The molecule has 0 atom stereocenters. The molecule has 0 aliphatic carbocycles. The second kappa shape index (κ2) is 8.92. The Morgan fingerprint density at radius 3 is 2.16 bits per heavy atom. The van der Waals surface area contributed by atoms with Crippen molar-refractivity contribution in [2.24, 2.45) is 0 Å². The average Bonchev–Trinajstić information content (AvgIpc) is 2.83. The van der Waals surface area contributed by atoms with E-state index in [1.165, 1.54) is 23.5 Å². The Hall–Kier alpha value is -3.52. The molecule has 3 aromatic rings. The van der Waals surface area contributed by atoms with Crippen LogP contribution in [0.1, 0.15) is 22.3 Å². The molecule has 0 bridgehead atoms. The van der Waals surface area contributed by atoms with Gasteiger partial charge < -0.3 is 14.8 Å². The molecule has 0 saturated carbocycles. The Kier molecular flexibility index (Phi) is 6.05. The summed E-state index contributed by atoms with van der Waals surface area (Å²) in [4.78, 5) is 12.8. The standard InChI is InChI=1S/C24H24N2O5S/c1-30-20-9-6-18(7-10-20)24(27)25-19-8-5-17-4-3-15-26(23(17)16-19)32(28,29)22-13-11-21(31-2)12-14-22/h5-14,16H,3-4,15H2,1-2H3,(H,25,27). The molecule has 0 saturated heterocycles. The van der Waals surface area contributed by atoms with Gasteiger partial charge in [0.1, 0.15) is 11.5 Å². The van der Waals surface area contributed by atoms with Gasteiger partial charge >= 0.3 is 0 Å². The van der Waals surface area contributed by atoms with E-state index >= 15 is 0 Å². The topological polar surface area (TPSA) is 84.9 Å². The summed E-state index contributed by atoms with van der Waals surface area (Å²) < 4.78 is 38.4. The van der Waals surface area contributed by atoms with E-state index in [-0.39, 0.29) is 10.8 Å². The Morgan fingerprint density at radius 1 is 0.906 bits per heavy atom. The van der Waals surface area contributed by atoms with Crippen molar-refractivity contribution < 1.29 is 22.7 Å². The quantitative estimate of drug-likeness (QED) is 0.609. The molecule has 7 nitrogen and oxygen atoms in total. The second-order valence-electron chi connectivity index (χ2n) is 7.38. The van der Waals surface area contributed by atoms with E-state index in [9.17, 15) is 13.2 Å². The van der Waals surface area contributed by atoms with E-state index in [2.05, 4.69) is 5.32 Å². The number of ether oxygens (including phenoxy) is 2. The molecular weight excluding hydrogens is 428 g/mol. The highest BCUT2D eigenvalue weighted by Crippen LogP contribution is 2.34. The van der Waals surface area contributed by atoms with Gasteiger partial charge in [0.25, 0.3) is 15.9 Å². The van der Waals surface area contributed by atoms with Crippen LogP contribution in [0.15, 0.2) is 71.6 Å². The maximum atomic E-state index is 13.4. The number of aryl methyl sites for hydroxylation is 1. The van der Waals surface area contributed by atoms with Gasteiger partial charge in [0.05, 0.1) is 24.8 Å². The van der Waals surface area contributed by atoms with Crippen molar-refractivity contribution in [2.45, 2.75) is 17.7 Å². The predicted molar refractivity (Wildman–Crippen MR) is 123 cm³/mol. The fourth-order valence-corrected chi connectivity index (χ4v) is 5.22. The van der Waals surface area contributed by atoms with Gasteiger partial charge in [0.15, 0.2) is 0 Å². The highest BCUT2D eigenvalue weighted by molar-refractivity contribution is 7.92. The van der Waals surface area contributed by atoms with Gasteiger partial charge in [-0.2, -0.15) is 0 Å². The zero-order chi connectivity index (χ0) is 22.7. The number of nitrogens with zero attached hydrogens (tertiary/aromatic N) is 1. The molecular formula is C24H24N2O5S. The molecule has 166 valence electrons. The first-order valence-electron chi connectivity index (χ1n) is 10.2. The number of carbonyl (C=O) groups excluding carboxylic acids is 1. The average molecular weight is 453 g/mol. The molecule has 1 N–H and O–H groups in total. The lowest BCUT2D eigenvalue weighted by atomic mass is 10.0. The van der Waals surface area contributed by atoms with E-state index in [4.69, 9.17) is 9.47 Å². The van der Waals surface area contributed by atoms with Crippen LogP contribution in [0.5, 0.6) is 11.5 Å². The van der Waals surface area contributed by atoms with Crippen LogP contribution in [0.2, 0.25) is 0 Å². The number of carbonyl (C=O) groups is 1. The van der Waals surface area contributed by atoms with Gasteiger partial charge in [0.2, 0.25) is 0 Å². The number of nitrogens with one attached hydrogen (secondary N) is 1. The lowest BCUT2D eigenvalue weighted by Crippen LogP contribution is -2.35. The van der Waals surface area contributed by atoms with E-state index in [0.29, 0.717) is 35.0 Å². The Labute approximate surface area is 187 Å². The molecule has 1 aliphatic rings. The summed E-state index contributed by atoms with van der Waals surface area (Å²) in [6, 6.07) is 18.5. The molecule has 1 amide bonds. The number of hydrogen-bond acceptors (Lipinski definition) is 5. The van der Waals surface area contributed by atoms with Gasteiger partial charge in [0, 0.05) is 17.8 Å². The summed E-state index contributed by atoms with van der Waals surface area (Å²) in [6.07, 6.45) is 1.50. The maximum absolute atomic E-state index is 13.4. The third-order valence-corrected chi connectivity index (χ3v) is 7.25. The van der Waals surface area contributed by atoms with Crippen molar-refractivity contribution in [3.63, 3.8) is 0 Å². The minimum atomic E-state index is -3.75. The summed E-state index contributed by atoms with van der Waals surface area (Å²) in [6.45, 7) is 0.372. The van der Waals surface area contributed by atoms with E-state index in [0.717, 1.165) is 18.4 Å². The van der Waals surface area contributed by atoms with Gasteiger partial charge in [-0.1, -0.05) is 6.07 Å². The first-order chi connectivity index (χ1) is 15.4. The largest absolute Gasteiger partial charge is 0.497 e. The van der Waals surface area contributed by atoms with Crippen LogP contribution in [-0.4, -0.2) is 35.1 Å². The Balaban J connectivity index is 1.62. The van der Waals surface area contributed by atoms with E-state index < -0.39 is 10.0 Å². The SMILES string of the molecule is COc1ccc(C(=O)Nc2ccc3c(c2)N(S(=O)(=O)c2ccc(OC)cc2)CCC3)cc1. The molecule has 1 aliphatic heterocycles. The number of sulfonamides is 1. The monoisotopic (exact) mass is 452 g/mol. The molecule has 8 heteroatoms. The fourth-order valence-electron chi connectivity index (χ4n) is 3.69. The summed E-state index contributed by atoms with van der Waals surface area (Å²) in [5.74, 6) is 0.967. The summed E-state index contributed by atoms with van der Waals surface area (Å²) in [5, 5.41) is 2.85. The summed E-state index contributed by atoms with van der Waals surface area (Å²) >= 11 is 0. The van der Waals surface area contributed by atoms with Crippen molar-refractivity contribution in [2.75, 3.05) is 30.4 Å². The highest BCUT2D eigenvalue weighted by atomic mass is 32.2. The van der Waals surface area contributed by atoms with E-state index in [1.807, 2.05) is 6.07 Å². The summed E-state index contributed by atoms with van der Waals surface area (Å²) in [5.41, 5.74) is 2.52. The lowest BCUT2D eigenvalue weighted by Gasteiger charge is -2.31. The third-order valence-electron chi connectivity index (χ3n) is 5.42. The van der Waals surface area contributed by atoms with Crippen molar-refractivity contribution >= 4 is 27.3 Å². The maximum Gasteiger partial charge on any atom is 0.264 e. The van der Waals surface area contributed by atoms with Gasteiger partial charge in [-0.25, -0.2) is 8.42 Å². The number of rotatable bonds is 6. The van der Waals surface area contributed by atoms with Gasteiger partial charge in [-0.05, 0) is 79.1 Å². The van der Waals surface area contributed by atoms with Crippen LogP contribution in [0, 0.1) is 0 Å². The number of amides is 1. The van der Waals surface area contributed by atoms with Crippen LogP contribution in [0.25, 0.3) is 0 Å². The second-order valence-corrected chi connectivity index (χ2v) is 9.24. The Morgan fingerprint density at radius 2 is 1.53 bits per heavy atom. The number of anilines is 2. The van der Waals surface area contributed by atoms with Crippen molar-refractivity contribution in [1.82, 2.24) is 0 Å². The number of hydrogen-bond donors (Lipinski definition) is 1. The minimum Gasteiger partial charge on any atom is -0.497 e. The first-order valence-corrected chi connectivity index (χ1v) is 11.6. The molecule has 0 spiro atoms. The molecule has 32 heavy (non-hydrogen) atoms. The smallest absolute Gasteiger partial charge is 0.264 e. The van der Waals surface area contributed by atoms with Crippen LogP contribution in [0.4, 0.5) is 11.4 Å². The third kappa shape index (κ3) is 4.27. The molecule has 0 aromatic heterocycles. The Bertz CT molecular complexity index is 1220. The normalized spacial score (nSPS) is 13.2. The van der Waals surface area contributed by atoms with Gasteiger partial charge in [-0.15, -0.1) is 0 Å². The number of fused-ring (bicyclic) bond motifs is 1. The van der Waals surface area contributed by atoms with Crippen molar-refractivity contribution in [1.29, 1.82) is 0 Å². The fraction of sp³-hybridized carbons (Fsp3) is 0.208. The number of methoxy groups -OCH3 is 2. The molecule has 4 rings (SSSR count). The van der Waals surface area contributed by atoms with E-state index in [1.54, 1.807) is 55.6 Å². The zero-order valence-corrected chi connectivity index (χ0v) is 18.7. The molecule has 1 heterocycles. The van der Waals surface area contributed by atoms with Crippen LogP contribution in [-0.2, 0) is 16.4 Å². The molecule has 0 radical (unpaired) electrons. The van der Waals surface area contributed by atoms with Crippen LogP contribution < -0.4 is 19.1 Å². The van der Waals surface area contributed by atoms with Gasteiger partial charge in [-0.3, -0.25) is 9.10 Å². The minimum absolute atomic E-state index is 0.193. The number of benzene rings is 3. The van der Waals surface area contributed by atoms with Crippen molar-refractivity contribution in [3.8, 4) is 11.5 Å². The molecule has 0 unspecified atom stereocenters. The predicted octanol–water partition coefficient (Wildman–Crippen LogP) is 4.10. The molecule has 3 aromatic carbocycles. The lowest BCUT2D eigenvalue weighted by molar-refractivity contribution is 0.102. The first kappa shape index (κ1) is 21.7. The highest BCUT2D eigenvalue weighted by Gasteiger charge is 2.29. The molecule has 0 fully saturated rings. The summed E-state index contributed by atoms with van der Waals surface area (Å²) in [7, 11) is -0.657.